The van der Waals surface area contributed by atoms with E-state index in [-0.39, 0.29) is 23.7 Å². The molecule has 1 aromatic heterocycles. The number of rotatable bonds is 8. The number of sulfonamides is 1. The first kappa shape index (κ1) is 18.6. The van der Waals surface area contributed by atoms with Crippen molar-refractivity contribution in [1.29, 1.82) is 0 Å². The predicted octanol–water partition coefficient (Wildman–Crippen LogP) is 0.833. The minimum absolute atomic E-state index is 0.102. The summed E-state index contributed by atoms with van der Waals surface area (Å²) >= 11 is 0. The van der Waals surface area contributed by atoms with Crippen molar-refractivity contribution in [2.45, 2.75) is 18.2 Å². The molecule has 0 fully saturated rings. The Kier molecular flexibility index (Phi) is 6.25. The fourth-order valence-electron chi connectivity index (χ4n) is 1.79. The third-order valence-corrected chi connectivity index (χ3v) is 4.41. The summed E-state index contributed by atoms with van der Waals surface area (Å²) in [6, 6.07) is 9.28. The molecule has 134 valence electrons. The highest BCUT2D eigenvalue weighted by atomic mass is 32.2. The lowest BCUT2D eigenvalue weighted by atomic mass is 10.4. The molecule has 0 spiro atoms. The standard InChI is InChI=1S/C15H17N3O6S/c1-11-9-13(18-24-11)17-14(19)10-23-15(20)7-8-16-25(21,22)12-5-3-2-4-6-12/h2-6,9,16H,7-8,10H2,1H3,(H,17,18,19). The zero-order chi connectivity index (χ0) is 18.3. The van der Waals surface area contributed by atoms with Crippen LogP contribution >= 0.6 is 0 Å². The average Bonchev–Trinajstić information content (AvgIpc) is 2.98. The fraction of sp³-hybridized carbons (Fsp3) is 0.267. The molecule has 1 aromatic carbocycles. The molecule has 0 atom stereocenters. The second kappa shape index (κ2) is 8.40. The van der Waals surface area contributed by atoms with Crippen molar-refractivity contribution in [2.24, 2.45) is 0 Å². The van der Waals surface area contributed by atoms with Gasteiger partial charge in [0.1, 0.15) is 5.76 Å². The van der Waals surface area contributed by atoms with Gasteiger partial charge < -0.3 is 14.6 Å². The van der Waals surface area contributed by atoms with Crippen LogP contribution in [0.1, 0.15) is 12.2 Å². The molecule has 1 amide bonds. The maximum absolute atomic E-state index is 11.9. The van der Waals surface area contributed by atoms with Gasteiger partial charge in [-0.1, -0.05) is 23.4 Å². The number of amides is 1. The van der Waals surface area contributed by atoms with Crippen LogP contribution in [-0.2, 0) is 24.3 Å². The molecule has 2 rings (SSSR count). The van der Waals surface area contributed by atoms with Crippen LogP contribution in [0.25, 0.3) is 0 Å². The number of hydrogen-bond acceptors (Lipinski definition) is 7. The lowest BCUT2D eigenvalue weighted by molar-refractivity contribution is -0.147. The predicted molar refractivity (Wildman–Crippen MR) is 87.1 cm³/mol. The summed E-state index contributed by atoms with van der Waals surface area (Å²) in [6.45, 7) is 1.02. The van der Waals surface area contributed by atoms with E-state index in [0.717, 1.165) is 0 Å². The van der Waals surface area contributed by atoms with Crippen LogP contribution in [0.15, 0.2) is 45.8 Å². The number of aromatic nitrogens is 1. The summed E-state index contributed by atoms with van der Waals surface area (Å²) in [4.78, 5) is 23.2. The summed E-state index contributed by atoms with van der Waals surface area (Å²) in [5, 5.41) is 5.95. The van der Waals surface area contributed by atoms with E-state index in [0.29, 0.717) is 5.76 Å². The molecule has 0 radical (unpaired) electrons. The van der Waals surface area contributed by atoms with E-state index in [4.69, 9.17) is 9.26 Å². The fourth-order valence-corrected chi connectivity index (χ4v) is 2.85. The quantitative estimate of drug-likeness (QED) is 0.662. The van der Waals surface area contributed by atoms with Gasteiger partial charge in [0.05, 0.1) is 11.3 Å². The van der Waals surface area contributed by atoms with Crippen LogP contribution in [-0.4, -0.2) is 38.6 Å². The molecule has 0 aliphatic carbocycles. The van der Waals surface area contributed by atoms with E-state index in [1.807, 2.05) is 0 Å². The molecule has 0 aliphatic rings. The Morgan fingerprint density at radius 2 is 1.96 bits per heavy atom. The van der Waals surface area contributed by atoms with Crippen LogP contribution in [0.4, 0.5) is 5.82 Å². The lowest BCUT2D eigenvalue weighted by Crippen LogP contribution is -2.28. The first-order valence-corrected chi connectivity index (χ1v) is 8.78. The van der Waals surface area contributed by atoms with Crippen LogP contribution in [0.5, 0.6) is 0 Å². The van der Waals surface area contributed by atoms with Gasteiger partial charge in [-0.05, 0) is 19.1 Å². The molecule has 0 bridgehead atoms. The van der Waals surface area contributed by atoms with Crippen LogP contribution in [0.3, 0.4) is 0 Å². The van der Waals surface area contributed by atoms with Crippen molar-refractivity contribution in [1.82, 2.24) is 9.88 Å². The lowest BCUT2D eigenvalue weighted by Gasteiger charge is -2.07. The van der Waals surface area contributed by atoms with Gasteiger partial charge in [0, 0.05) is 12.6 Å². The minimum Gasteiger partial charge on any atom is -0.456 e. The number of esters is 1. The highest BCUT2D eigenvalue weighted by Crippen LogP contribution is 2.07. The molecule has 1 heterocycles. The monoisotopic (exact) mass is 367 g/mol. The Balaban J connectivity index is 1.69. The molecule has 2 N–H and O–H groups in total. The average molecular weight is 367 g/mol. The molecule has 0 saturated heterocycles. The number of nitrogens with one attached hydrogen (secondary N) is 2. The molecule has 0 unspecified atom stereocenters. The number of nitrogens with zero attached hydrogens (tertiary/aromatic N) is 1. The second-order valence-electron chi connectivity index (χ2n) is 4.99. The maximum atomic E-state index is 11.9. The summed E-state index contributed by atoms with van der Waals surface area (Å²) in [5.74, 6) is -0.541. The largest absolute Gasteiger partial charge is 0.456 e. The van der Waals surface area contributed by atoms with E-state index in [1.54, 1.807) is 25.1 Å². The highest BCUT2D eigenvalue weighted by molar-refractivity contribution is 7.89. The second-order valence-corrected chi connectivity index (χ2v) is 6.76. The van der Waals surface area contributed by atoms with Gasteiger partial charge in [-0.2, -0.15) is 0 Å². The molecular weight excluding hydrogens is 350 g/mol. The Morgan fingerprint density at radius 1 is 1.24 bits per heavy atom. The Morgan fingerprint density at radius 3 is 2.60 bits per heavy atom. The zero-order valence-corrected chi connectivity index (χ0v) is 14.2. The van der Waals surface area contributed by atoms with E-state index < -0.39 is 28.5 Å². The number of ether oxygens (including phenoxy) is 1. The summed E-state index contributed by atoms with van der Waals surface area (Å²) in [6.07, 6.45) is -0.206. The SMILES string of the molecule is Cc1cc(NC(=O)COC(=O)CCNS(=O)(=O)c2ccccc2)no1. The van der Waals surface area contributed by atoms with Crippen LogP contribution in [0, 0.1) is 6.92 Å². The Labute approximate surface area is 144 Å². The van der Waals surface area contributed by atoms with Gasteiger partial charge in [0.2, 0.25) is 10.0 Å². The van der Waals surface area contributed by atoms with Gasteiger partial charge in [0.25, 0.3) is 5.91 Å². The van der Waals surface area contributed by atoms with Crippen molar-refractivity contribution in [3.05, 3.63) is 42.2 Å². The summed E-state index contributed by atoms with van der Waals surface area (Å²) in [5.41, 5.74) is 0. The van der Waals surface area contributed by atoms with E-state index >= 15 is 0 Å². The van der Waals surface area contributed by atoms with Crippen molar-refractivity contribution in [2.75, 3.05) is 18.5 Å². The van der Waals surface area contributed by atoms with Gasteiger partial charge in [-0.15, -0.1) is 0 Å². The molecule has 0 aliphatic heterocycles. The number of aryl methyl sites for hydroxylation is 1. The van der Waals surface area contributed by atoms with E-state index in [1.165, 1.54) is 18.2 Å². The molecular formula is C15H17N3O6S. The van der Waals surface area contributed by atoms with Gasteiger partial charge in [-0.3, -0.25) is 9.59 Å². The minimum atomic E-state index is -3.68. The third kappa shape index (κ3) is 6.01. The molecule has 9 nitrogen and oxygen atoms in total. The Hall–Kier alpha value is -2.72. The highest BCUT2D eigenvalue weighted by Gasteiger charge is 2.14. The third-order valence-electron chi connectivity index (χ3n) is 2.93. The number of benzene rings is 1. The zero-order valence-electron chi connectivity index (χ0n) is 13.4. The first-order valence-electron chi connectivity index (χ1n) is 7.30. The molecule has 2 aromatic rings. The molecule has 10 heteroatoms. The van der Waals surface area contributed by atoms with Crippen LogP contribution < -0.4 is 10.0 Å². The van der Waals surface area contributed by atoms with Crippen molar-refractivity contribution >= 4 is 27.7 Å². The van der Waals surface area contributed by atoms with Crippen LogP contribution in [0.2, 0.25) is 0 Å². The Bertz CT molecular complexity index is 832. The summed E-state index contributed by atoms with van der Waals surface area (Å²) < 4.78 is 35.7. The first-order chi connectivity index (χ1) is 11.9. The summed E-state index contributed by atoms with van der Waals surface area (Å²) in [7, 11) is -3.68. The molecule has 0 saturated carbocycles. The van der Waals surface area contributed by atoms with E-state index in [9.17, 15) is 18.0 Å². The van der Waals surface area contributed by atoms with E-state index in [2.05, 4.69) is 15.2 Å². The van der Waals surface area contributed by atoms with Crippen molar-refractivity contribution in [3.63, 3.8) is 0 Å². The number of carbonyl (C=O) groups excluding carboxylic acids is 2. The van der Waals surface area contributed by atoms with Crippen molar-refractivity contribution < 1.29 is 27.3 Å². The smallest absolute Gasteiger partial charge is 0.307 e. The van der Waals surface area contributed by atoms with Gasteiger partial charge >= 0.3 is 5.97 Å². The molecule has 25 heavy (non-hydrogen) atoms. The number of hydrogen-bond donors (Lipinski definition) is 2. The normalized spacial score (nSPS) is 11.1. The maximum Gasteiger partial charge on any atom is 0.307 e. The number of carbonyl (C=O) groups is 2. The number of anilines is 1. The van der Waals surface area contributed by atoms with Gasteiger partial charge in [-0.25, -0.2) is 13.1 Å². The van der Waals surface area contributed by atoms with Gasteiger partial charge in [0.15, 0.2) is 12.4 Å². The van der Waals surface area contributed by atoms with Crippen molar-refractivity contribution in [3.8, 4) is 0 Å². The topological polar surface area (TPSA) is 128 Å².